The predicted molar refractivity (Wildman–Crippen MR) is 78.2 cm³/mol. The van der Waals surface area contributed by atoms with Gasteiger partial charge in [0.15, 0.2) is 5.79 Å². The molecular formula is C16H23NO3. The fourth-order valence-electron chi connectivity index (χ4n) is 3.13. The molecule has 0 unspecified atom stereocenters. The largest absolute Gasteiger partial charge is 0.497 e. The van der Waals surface area contributed by atoms with E-state index >= 15 is 0 Å². The number of aryl methyl sites for hydroxylation is 1. The lowest BCUT2D eigenvalue weighted by Gasteiger charge is -2.36. The molecular weight excluding hydrogens is 254 g/mol. The van der Waals surface area contributed by atoms with Crippen LogP contribution in [0.15, 0.2) is 18.2 Å². The van der Waals surface area contributed by atoms with Gasteiger partial charge in [0, 0.05) is 24.6 Å². The smallest absolute Gasteiger partial charge is 0.168 e. The maximum Gasteiger partial charge on any atom is 0.168 e. The van der Waals surface area contributed by atoms with Gasteiger partial charge in [-0.1, -0.05) is 0 Å². The second-order valence-corrected chi connectivity index (χ2v) is 5.71. The molecule has 1 aromatic carbocycles. The van der Waals surface area contributed by atoms with Crippen molar-refractivity contribution in [2.75, 3.05) is 25.6 Å². The fraction of sp³-hybridized carbons (Fsp3) is 0.625. The molecule has 0 radical (unpaired) electrons. The van der Waals surface area contributed by atoms with Gasteiger partial charge in [0.05, 0.1) is 20.3 Å². The zero-order valence-corrected chi connectivity index (χ0v) is 12.3. The van der Waals surface area contributed by atoms with Crippen molar-refractivity contribution < 1.29 is 14.2 Å². The Morgan fingerprint density at radius 3 is 2.50 bits per heavy atom. The highest BCUT2D eigenvalue weighted by Gasteiger charge is 2.40. The Morgan fingerprint density at radius 2 is 1.90 bits per heavy atom. The molecule has 2 fully saturated rings. The van der Waals surface area contributed by atoms with E-state index in [0.29, 0.717) is 6.04 Å². The number of methoxy groups -OCH3 is 1. The van der Waals surface area contributed by atoms with Crippen LogP contribution in [0.4, 0.5) is 5.69 Å². The number of nitrogens with one attached hydrogen (secondary N) is 1. The van der Waals surface area contributed by atoms with Crippen molar-refractivity contribution in [3.05, 3.63) is 23.8 Å². The van der Waals surface area contributed by atoms with E-state index in [4.69, 9.17) is 14.2 Å². The molecule has 1 spiro atoms. The second kappa shape index (κ2) is 5.62. The Bertz CT molecular complexity index is 459. The minimum Gasteiger partial charge on any atom is -0.497 e. The van der Waals surface area contributed by atoms with Gasteiger partial charge in [-0.25, -0.2) is 0 Å². The van der Waals surface area contributed by atoms with Crippen molar-refractivity contribution in [3.63, 3.8) is 0 Å². The second-order valence-electron chi connectivity index (χ2n) is 5.71. The van der Waals surface area contributed by atoms with E-state index in [1.807, 2.05) is 6.07 Å². The first-order valence-corrected chi connectivity index (χ1v) is 7.40. The first kappa shape index (κ1) is 13.7. The van der Waals surface area contributed by atoms with Gasteiger partial charge in [0.1, 0.15) is 5.75 Å². The van der Waals surface area contributed by atoms with E-state index in [0.717, 1.165) is 44.6 Å². The first-order valence-electron chi connectivity index (χ1n) is 7.40. The van der Waals surface area contributed by atoms with Gasteiger partial charge in [-0.3, -0.25) is 0 Å². The third kappa shape index (κ3) is 2.76. The van der Waals surface area contributed by atoms with Crippen LogP contribution in [0.1, 0.15) is 31.2 Å². The summed E-state index contributed by atoms with van der Waals surface area (Å²) >= 11 is 0. The van der Waals surface area contributed by atoms with Crippen LogP contribution >= 0.6 is 0 Å². The maximum absolute atomic E-state index is 5.77. The molecule has 0 amide bonds. The summed E-state index contributed by atoms with van der Waals surface area (Å²) in [5, 5.41) is 3.64. The number of anilines is 1. The van der Waals surface area contributed by atoms with Crippen LogP contribution in [0.25, 0.3) is 0 Å². The Kier molecular flexibility index (Phi) is 3.85. The lowest BCUT2D eigenvalue weighted by atomic mass is 9.89. The van der Waals surface area contributed by atoms with Crippen molar-refractivity contribution in [3.8, 4) is 5.75 Å². The summed E-state index contributed by atoms with van der Waals surface area (Å²) in [4.78, 5) is 0. The van der Waals surface area contributed by atoms with Gasteiger partial charge < -0.3 is 19.5 Å². The molecule has 110 valence electrons. The molecule has 4 nitrogen and oxygen atoms in total. The predicted octanol–water partition coefficient (Wildman–Crippen LogP) is 3.10. The molecule has 1 heterocycles. The average molecular weight is 277 g/mol. The van der Waals surface area contributed by atoms with E-state index in [1.165, 1.54) is 11.3 Å². The van der Waals surface area contributed by atoms with Gasteiger partial charge in [-0.2, -0.15) is 0 Å². The lowest BCUT2D eigenvalue weighted by Crippen LogP contribution is -2.39. The van der Waals surface area contributed by atoms with Crippen molar-refractivity contribution in [1.29, 1.82) is 0 Å². The Balaban J connectivity index is 1.59. The Hall–Kier alpha value is -1.26. The summed E-state index contributed by atoms with van der Waals surface area (Å²) in [6, 6.07) is 6.67. The molecule has 1 aromatic rings. The molecule has 1 saturated heterocycles. The highest BCUT2D eigenvalue weighted by molar-refractivity contribution is 5.54. The summed E-state index contributed by atoms with van der Waals surface area (Å²) in [5.74, 6) is 0.635. The van der Waals surface area contributed by atoms with E-state index in [-0.39, 0.29) is 5.79 Å². The molecule has 2 aliphatic rings. The molecule has 1 saturated carbocycles. The third-order valence-corrected chi connectivity index (χ3v) is 4.35. The quantitative estimate of drug-likeness (QED) is 0.921. The van der Waals surface area contributed by atoms with Gasteiger partial charge in [0.25, 0.3) is 0 Å². The highest BCUT2D eigenvalue weighted by Crippen LogP contribution is 2.37. The lowest BCUT2D eigenvalue weighted by molar-refractivity contribution is -0.177. The molecule has 0 atom stereocenters. The summed E-state index contributed by atoms with van der Waals surface area (Å²) in [6.07, 6.45) is 4.15. The van der Waals surface area contributed by atoms with Crippen LogP contribution in [0.3, 0.4) is 0 Å². The van der Waals surface area contributed by atoms with Crippen molar-refractivity contribution in [2.45, 2.75) is 44.4 Å². The number of hydrogen-bond donors (Lipinski definition) is 1. The molecule has 1 N–H and O–H groups in total. The van der Waals surface area contributed by atoms with E-state index < -0.39 is 0 Å². The Morgan fingerprint density at radius 1 is 1.20 bits per heavy atom. The molecule has 1 aliphatic heterocycles. The van der Waals surface area contributed by atoms with Crippen LogP contribution in [0.2, 0.25) is 0 Å². The normalized spacial score (nSPS) is 22.1. The van der Waals surface area contributed by atoms with Crippen molar-refractivity contribution >= 4 is 5.69 Å². The summed E-state index contributed by atoms with van der Waals surface area (Å²) in [5.41, 5.74) is 2.41. The minimum absolute atomic E-state index is 0.271. The van der Waals surface area contributed by atoms with Gasteiger partial charge in [0.2, 0.25) is 0 Å². The van der Waals surface area contributed by atoms with Crippen LogP contribution in [0.5, 0.6) is 5.75 Å². The molecule has 1 aliphatic carbocycles. The van der Waals surface area contributed by atoms with Gasteiger partial charge >= 0.3 is 0 Å². The molecule has 4 heteroatoms. The standard InChI is InChI=1S/C16H23NO3/c1-12-11-14(18-2)3-4-15(12)17-13-5-7-16(8-6-13)19-9-10-20-16/h3-4,11,13,17H,5-10H2,1-2H3. The SMILES string of the molecule is COc1ccc(NC2CCC3(CC2)OCCO3)c(C)c1. The zero-order chi connectivity index (χ0) is 14.0. The van der Waals surface area contributed by atoms with Crippen LogP contribution in [-0.4, -0.2) is 32.2 Å². The molecule has 20 heavy (non-hydrogen) atoms. The first-order chi connectivity index (χ1) is 9.71. The zero-order valence-electron chi connectivity index (χ0n) is 12.3. The van der Waals surface area contributed by atoms with Gasteiger partial charge in [-0.05, 0) is 43.5 Å². The summed E-state index contributed by atoms with van der Waals surface area (Å²) in [6.45, 7) is 3.60. The van der Waals surface area contributed by atoms with E-state index in [9.17, 15) is 0 Å². The van der Waals surface area contributed by atoms with E-state index in [1.54, 1.807) is 7.11 Å². The maximum atomic E-state index is 5.77. The Labute approximate surface area is 120 Å². The molecule has 0 bridgehead atoms. The average Bonchev–Trinajstić information content (AvgIpc) is 2.92. The number of hydrogen-bond acceptors (Lipinski definition) is 4. The number of rotatable bonds is 3. The topological polar surface area (TPSA) is 39.7 Å². The van der Waals surface area contributed by atoms with E-state index in [2.05, 4.69) is 24.4 Å². The van der Waals surface area contributed by atoms with Crippen LogP contribution < -0.4 is 10.1 Å². The molecule has 0 aromatic heterocycles. The van der Waals surface area contributed by atoms with Crippen LogP contribution in [-0.2, 0) is 9.47 Å². The highest BCUT2D eigenvalue weighted by atomic mass is 16.7. The summed E-state index contributed by atoms with van der Waals surface area (Å²) < 4.78 is 16.8. The monoisotopic (exact) mass is 277 g/mol. The number of benzene rings is 1. The third-order valence-electron chi connectivity index (χ3n) is 4.35. The van der Waals surface area contributed by atoms with Crippen molar-refractivity contribution in [2.24, 2.45) is 0 Å². The molecule has 3 rings (SSSR count). The minimum atomic E-state index is -0.271. The van der Waals surface area contributed by atoms with Crippen molar-refractivity contribution in [1.82, 2.24) is 0 Å². The van der Waals surface area contributed by atoms with Gasteiger partial charge in [-0.15, -0.1) is 0 Å². The fourth-order valence-corrected chi connectivity index (χ4v) is 3.13. The summed E-state index contributed by atoms with van der Waals surface area (Å²) in [7, 11) is 1.70. The number of ether oxygens (including phenoxy) is 3. The van der Waals surface area contributed by atoms with Crippen LogP contribution in [0, 0.1) is 6.92 Å².